The first-order chi connectivity index (χ1) is 25.2. The van der Waals surface area contributed by atoms with Crippen LogP contribution in [0.1, 0.15) is 0 Å². The maximum absolute atomic E-state index is 6.61. The van der Waals surface area contributed by atoms with E-state index in [-0.39, 0.29) is 0 Å². The van der Waals surface area contributed by atoms with Gasteiger partial charge >= 0.3 is 0 Å². The molecule has 51 heavy (non-hydrogen) atoms. The topological polar surface area (TPSA) is 78.1 Å². The van der Waals surface area contributed by atoms with Gasteiger partial charge in [0, 0.05) is 49.5 Å². The van der Waals surface area contributed by atoms with E-state index in [0.29, 0.717) is 17.5 Å². The van der Waals surface area contributed by atoms with Crippen molar-refractivity contribution >= 4 is 65.8 Å². The van der Waals surface area contributed by atoms with Crippen molar-refractivity contribution in [3.05, 3.63) is 152 Å². The number of benzene rings is 7. The second-order valence-corrected chi connectivity index (χ2v) is 12.8. The Labute approximate surface area is 290 Å². The summed E-state index contributed by atoms with van der Waals surface area (Å²) in [5, 5.41) is 6.29. The van der Waals surface area contributed by atoms with Crippen molar-refractivity contribution in [2.45, 2.75) is 0 Å². The molecule has 0 amide bonds. The normalized spacial score (nSPS) is 11.9. The highest BCUT2D eigenvalue weighted by Crippen LogP contribution is 2.43. The van der Waals surface area contributed by atoms with Crippen LogP contribution in [0.4, 0.5) is 0 Å². The molecule has 4 heterocycles. The quantitative estimate of drug-likeness (QED) is 0.188. The van der Waals surface area contributed by atoms with Crippen LogP contribution >= 0.6 is 0 Å². The highest BCUT2D eigenvalue weighted by molar-refractivity contribution is 6.19. The van der Waals surface area contributed by atoms with Crippen molar-refractivity contribution < 1.29 is 13.3 Å². The third-order valence-corrected chi connectivity index (χ3v) is 9.74. The maximum atomic E-state index is 6.61. The molecule has 0 aliphatic rings. The van der Waals surface area contributed by atoms with Gasteiger partial charge in [-0.15, -0.1) is 0 Å². The molecule has 0 bridgehead atoms. The third-order valence-electron chi connectivity index (χ3n) is 9.74. The Morgan fingerprint density at radius 1 is 0.314 bits per heavy atom. The van der Waals surface area contributed by atoms with Crippen molar-refractivity contribution in [2.24, 2.45) is 0 Å². The molecule has 11 aromatic rings. The second-order valence-electron chi connectivity index (χ2n) is 12.8. The molecule has 0 fully saturated rings. The summed E-state index contributed by atoms with van der Waals surface area (Å²) in [5.41, 5.74) is 9.63. The van der Waals surface area contributed by atoms with E-state index in [1.165, 1.54) is 0 Å². The molecule has 11 rings (SSSR count). The van der Waals surface area contributed by atoms with Gasteiger partial charge in [-0.05, 0) is 47.5 Å². The molecule has 6 nitrogen and oxygen atoms in total. The van der Waals surface area contributed by atoms with Crippen LogP contribution in [-0.4, -0.2) is 15.0 Å². The van der Waals surface area contributed by atoms with Crippen LogP contribution in [0.25, 0.3) is 111 Å². The SMILES string of the molecule is c1ccc(-c2nc(-c3ccccc3)nc(-c3cccc4c3oc3ccc(-c5cccc6oc7cc8oc9ccccc9c8cc7c56)cc34)n2)cc1. The molecule has 0 radical (unpaired) electrons. The highest BCUT2D eigenvalue weighted by atomic mass is 16.3. The fourth-order valence-corrected chi connectivity index (χ4v) is 7.36. The molecule has 7 aromatic carbocycles. The van der Waals surface area contributed by atoms with E-state index in [1.54, 1.807) is 0 Å². The maximum Gasteiger partial charge on any atom is 0.167 e. The van der Waals surface area contributed by atoms with Gasteiger partial charge in [-0.2, -0.15) is 0 Å². The largest absolute Gasteiger partial charge is 0.456 e. The average Bonchev–Trinajstić information content (AvgIpc) is 3.87. The van der Waals surface area contributed by atoms with Crippen LogP contribution < -0.4 is 0 Å². The second kappa shape index (κ2) is 10.7. The molecule has 0 atom stereocenters. The van der Waals surface area contributed by atoms with Crippen molar-refractivity contribution in [3.63, 3.8) is 0 Å². The molecule has 238 valence electrons. The number of aromatic nitrogens is 3. The standard InChI is InChI=1S/C45H25N3O3/c1-3-11-26(12-4-1)43-46-44(27-13-5-2-6-14-27)48-45(47-43)32-18-9-17-31-33-23-28(21-22-37(33)51-42(31)32)29-16-10-20-38-41(29)35-24-34-30-15-7-8-19-36(30)49-39(34)25-40(35)50-38/h1-25H. The first-order valence-corrected chi connectivity index (χ1v) is 16.8. The zero-order chi connectivity index (χ0) is 33.5. The molecule has 0 N–H and O–H groups in total. The van der Waals surface area contributed by atoms with Crippen molar-refractivity contribution in [1.29, 1.82) is 0 Å². The molecule has 0 saturated heterocycles. The fourth-order valence-electron chi connectivity index (χ4n) is 7.36. The summed E-state index contributed by atoms with van der Waals surface area (Å²) in [5.74, 6) is 1.77. The predicted octanol–water partition coefficient (Wildman–Crippen LogP) is 12.2. The lowest BCUT2D eigenvalue weighted by Gasteiger charge is -2.08. The van der Waals surface area contributed by atoms with Crippen molar-refractivity contribution in [1.82, 2.24) is 15.0 Å². The number of rotatable bonds is 4. The van der Waals surface area contributed by atoms with Gasteiger partial charge in [0.25, 0.3) is 0 Å². The predicted molar refractivity (Wildman–Crippen MR) is 203 cm³/mol. The molecule has 0 aliphatic heterocycles. The number of hydrogen-bond acceptors (Lipinski definition) is 6. The van der Waals surface area contributed by atoms with Gasteiger partial charge < -0.3 is 13.3 Å². The summed E-state index contributed by atoms with van der Waals surface area (Å²) in [6.45, 7) is 0. The summed E-state index contributed by atoms with van der Waals surface area (Å²) >= 11 is 0. The van der Waals surface area contributed by atoms with Gasteiger partial charge in [0.2, 0.25) is 0 Å². The van der Waals surface area contributed by atoms with Gasteiger partial charge in [0.15, 0.2) is 17.5 Å². The van der Waals surface area contributed by atoms with Crippen LogP contribution in [0.5, 0.6) is 0 Å². The van der Waals surface area contributed by atoms with Crippen molar-refractivity contribution in [3.8, 4) is 45.3 Å². The summed E-state index contributed by atoms with van der Waals surface area (Å²) in [6, 6.07) is 51.1. The van der Waals surface area contributed by atoms with Gasteiger partial charge in [-0.3, -0.25) is 0 Å². The van der Waals surface area contributed by atoms with Crippen LogP contribution in [-0.2, 0) is 0 Å². The van der Waals surface area contributed by atoms with E-state index in [9.17, 15) is 0 Å². The minimum absolute atomic E-state index is 0.556. The Morgan fingerprint density at radius 3 is 1.71 bits per heavy atom. The van der Waals surface area contributed by atoms with Crippen LogP contribution in [0, 0.1) is 0 Å². The van der Waals surface area contributed by atoms with E-state index >= 15 is 0 Å². The monoisotopic (exact) mass is 655 g/mol. The van der Waals surface area contributed by atoms with Crippen LogP contribution in [0.3, 0.4) is 0 Å². The Bertz CT molecular complexity index is 3080. The molecule has 0 unspecified atom stereocenters. The molecular weight excluding hydrogens is 631 g/mol. The van der Waals surface area contributed by atoms with E-state index in [0.717, 1.165) is 93.6 Å². The molecule has 0 aliphatic carbocycles. The lowest BCUT2D eigenvalue weighted by Crippen LogP contribution is -2.00. The van der Waals surface area contributed by atoms with E-state index in [4.69, 9.17) is 28.2 Å². The van der Waals surface area contributed by atoms with E-state index in [2.05, 4.69) is 42.5 Å². The van der Waals surface area contributed by atoms with E-state index in [1.807, 2.05) is 109 Å². The average molecular weight is 656 g/mol. The zero-order valence-electron chi connectivity index (χ0n) is 27.0. The summed E-state index contributed by atoms with van der Waals surface area (Å²) in [6.07, 6.45) is 0. The van der Waals surface area contributed by atoms with Gasteiger partial charge in [-0.25, -0.2) is 15.0 Å². The summed E-state index contributed by atoms with van der Waals surface area (Å²) in [7, 11) is 0. The summed E-state index contributed by atoms with van der Waals surface area (Å²) in [4.78, 5) is 14.8. The fraction of sp³-hybridized carbons (Fsp3) is 0. The number of hydrogen-bond donors (Lipinski definition) is 0. The Balaban J connectivity index is 1.10. The van der Waals surface area contributed by atoms with Crippen LogP contribution in [0.15, 0.2) is 165 Å². The number of fused-ring (bicyclic) bond motifs is 9. The highest BCUT2D eigenvalue weighted by Gasteiger charge is 2.20. The molecule has 0 spiro atoms. The molecule has 4 aromatic heterocycles. The number of nitrogens with zero attached hydrogens (tertiary/aromatic N) is 3. The van der Waals surface area contributed by atoms with Gasteiger partial charge in [-0.1, -0.05) is 109 Å². The van der Waals surface area contributed by atoms with Gasteiger partial charge in [0.1, 0.15) is 33.5 Å². The summed E-state index contributed by atoms with van der Waals surface area (Å²) < 4.78 is 19.2. The third kappa shape index (κ3) is 4.33. The van der Waals surface area contributed by atoms with Gasteiger partial charge in [0.05, 0.1) is 5.56 Å². The minimum Gasteiger partial charge on any atom is -0.456 e. The van der Waals surface area contributed by atoms with Crippen LogP contribution in [0.2, 0.25) is 0 Å². The number of para-hydroxylation sites is 2. The first-order valence-electron chi connectivity index (χ1n) is 16.8. The number of furan rings is 3. The minimum atomic E-state index is 0.556. The zero-order valence-corrected chi connectivity index (χ0v) is 27.0. The molecular formula is C45H25N3O3. The Hall–Kier alpha value is -7.05. The first kappa shape index (κ1) is 27.9. The molecule has 6 heteroatoms. The van der Waals surface area contributed by atoms with Crippen molar-refractivity contribution in [2.75, 3.05) is 0 Å². The van der Waals surface area contributed by atoms with E-state index < -0.39 is 0 Å². The molecule has 0 saturated carbocycles. The lowest BCUT2D eigenvalue weighted by molar-refractivity contribution is 0.656. The smallest absolute Gasteiger partial charge is 0.167 e. The Morgan fingerprint density at radius 2 is 0.902 bits per heavy atom. The Kier molecular flexibility index (Phi) is 5.86. The lowest BCUT2D eigenvalue weighted by atomic mass is 9.97.